The van der Waals surface area contributed by atoms with Crippen LogP contribution in [0.3, 0.4) is 0 Å². The molecule has 1 heterocycles. The van der Waals surface area contributed by atoms with E-state index in [0.717, 1.165) is 5.39 Å². The van der Waals surface area contributed by atoms with E-state index in [-0.39, 0.29) is 5.69 Å². The second kappa shape index (κ2) is 4.09. The van der Waals surface area contributed by atoms with Crippen molar-refractivity contribution in [2.24, 2.45) is 0 Å². The number of methoxy groups -OCH3 is 1. The first kappa shape index (κ1) is 10.9. The minimum absolute atomic E-state index is 0.0103. The summed E-state index contributed by atoms with van der Waals surface area (Å²) in [5.41, 5.74) is 0.528. The van der Waals surface area contributed by atoms with Crippen molar-refractivity contribution in [2.75, 3.05) is 7.11 Å². The van der Waals surface area contributed by atoms with Crippen LogP contribution in [0.25, 0.3) is 10.9 Å². The molecule has 0 radical (unpaired) electrons. The highest BCUT2D eigenvalue weighted by Crippen LogP contribution is 2.29. The molecule has 0 amide bonds. The quantitative estimate of drug-likeness (QED) is 0.920. The van der Waals surface area contributed by atoms with Gasteiger partial charge in [0.2, 0.25) is 0 Å². The number of fused-ring (bicyclic) bond motifs is 1. The number of aromatic carboxylic acids is 1. The van der Waals surface area contributed by atoms with Crippen LogP contribution in [-0.4, -0.2) is 23.2 Å². The lowest BCUT2D eigenvalue weighted by Crippen LogP contribution is -2.01. The Kier molecular flexibility index (Phi) is 2.78. The Morgan fingerprint density at radius 2 is 2.25 bits per heavy atom. The van der Waals surface area contributed by atoms with Gasteiger partial charge in [0.25, 0.3) is 0 Å². The zero-order valence-electron chi connectivity index (χ0n) is 8.40. The zero-order chi connectivity index (χ0) is 11.7. The van der Waals surface area contributed by atoms with Gasteiger partial charge in [-0.1, -0.05) is 28.1 Å². The van der Waals surface area contributed by atoms with E-state index in [4.69, 9.17) is 9.84 Å². The lowest BCUT2D eigenvalue weighted by atomic mass is 10.2. The predicted molar refractivity (Wildman–Crippen MR) is 63.0 cm³/mol. The zero-order valence-corrected chi connectivity index (χ0v) is 9.98. The van der Waals surface area contributed by atoms with Gasteiger partial charge in [0.15, 0.2) is 0 Å². The fourth-order valence-electron chi connectivity index (χ4n) is 1.46. The van der Waals surface area contributed by atoms with Crippen LogP contribution in [0.5, 0.6) is 5.75 Å². The maximum absolute atomic E-state index is 10.9. The maximum Gasteiger partial charge on any atom is 0.354 e. The Bertz CT molecular complexity index is 568. The van der Waals surface area contributed by atoms with Gasteiger partial charge in [-0.3, -0.25) is 0 Å². The number of para-hydroxylation sites is 1. The average molecular weight is 282 g/mol. The summed E-state index contributed by atoms with van der Waals surface area (Å²) >= 11 is 3.32. The van der Waals surface area contributed by atoms with Crippen LogP contribution in [-0.2, 0) is 0 Å². The minimum Gasteiger partial charge on any atom is -0.494 e. The normalized spacial score (nSPS) is 10.4. The molecule has 16 heavy (non-hydrogen) atoms. The highest BCUT2D eigenvalue weighted by Gasteiger charge is 2.11. The van der Waals surface area contributed by atoms with Crippen LogP contribution in [0.15, 0.2) is 28.7 Å². The van der Waals surface area contributed by atoms with Crippen LogP contribution < -0.4 is 4.74 Å². The van der Waals surface area contributed by atoms with Gasteiger partial charge in [0, 0.05) is 9.86 Å². The predicted octanol–water partition coefficient (Wildman–Crippen LogP) is 2.70. The number of benzene rings is 1. The van der Waals surface area contributed by atoms with Gasteiger partial charge in [-0.05, 0) is 12.1 Å². The van der Waals surface area contributed by atoms with E-state index >= 15 is 0 Å². The van der Waals surface area contributed by atoms with Crippen molar-refractivity contribution in [1.29, 1.82) is 0 Å². The summed E-state index contributed by atoms with van der Waals surface area (Å²) in [6, 6.07) is 6.89. The molecule has 0 aliphatic rings. The van der Waals surface area contributed by atoms with Gasteiger partial charge in [0.05, 0.1) is 7.11 Å². The monoisotopic (exact) mass is 281 g/mol. The molecule has 0 bridgehead atoms. The minimum atomic E-state index is -1.06. The second-order valence-electron chi connectivity index (χ2n) is 3.15. The third-order valence-electron chi connectivity index (χ3n) is 2.19. The summed E-state index contributed by atoms with van der Waals surface area (Å²) in [4.78, 5) is 14.9. The fraction of sp³-hybridized carbons (Fsp3) is 0.0909. The molecule has 1 N–H and O–H groups in total. The first-order valence-electron chi connectivity index (χ1n) is 4.50. The number of aromatic nitrogens is 1. The average Bonchev–Trinajstić information content (AvgIpc) is 2.28. The molecule has 2 aromatic rings. The largest absolute Gasteiger partial charge is 0.494 e. The van der Waals surface area contributed by atoms with Crippen molar-refractivity contribution in [3.05, 3.63) is 34.4 Å². The SMILES string of the molecule is COc1cccc2c(Br)cc(C(=O)O)nc12. The van der Waals surface area contributed by atoms with Crippen LogP contribution in [0.4, 0.5) is 0 Å². The Morgan fingerprint density at radius 1 is 1.50 bits per heavy atom. The van der Waals surface area contributed by atoms with Crippen LogP contribution >= 0.6 is 15.9 Å². The van der Waals surface area contributed by atoms with Crippen molar-refractivity contribution in [3.63, 3.8) is 0 Å². The van der Waals surface area contributed by atoms with Gasteiger partial charge in [0.1, 0.15) is 17.0 Å². The van der Waals surface area contributed by atoms with E-state index in [1.807, 2.05) is 12.1 Å². The molecular formula is C11H8BrNO3. The third-order valence-corrected chi connectivity index (χ3v) is 2.85. The smallest absolute Gasteiger partial charge is 0.354 e. The Hall–Kier alpha value is -1.62. The van der Waals surface area contributed by atoms with E-state index in [1.54, 1.807) is 6.07 Å². The van der Waals surface area contributed by atoms with Gasteiger partial charge < -0.3 is 9.84 Å². The number of nitrogens with zero attached hydrogens (tertiary/aromatic N) is 1. The van der Waals surface area contributed by atoms with Crippen molar-refractivity contribution in [3.8, 4) is 5.75 Å². The number of carboxylic acids is 1. The molecule has 0 aliphatic heterocycles. The second-order valence-corrected chi connectivity index (χ2v) is 4.01. The number of ether oxygens (including phenoxy) is 1. The molecule has 0 spiro atoms. The molecule has 5 heteroatoms. The molecule has 0 atom stereocenters. The molecular weight excluding hydrogens is 274 g/mol. The van der Waals surface area contributed by atoms with Crippen molar-refractivity contribution >= 4 is 32.8 Å². The molecule has 0 saturated heterocycles. The number of hydrogen-bond acceptors (Lipinski definition) is 3. The molecule has 0 saturated carbocycles. The lowest BCUT2D eigenvalue weighted by Gasteiger charge is -2.06. The van der Waals surface area contributed by atoms with E-state index in [0.29, 0.717) is 15.7 Å². The molecule has 0 unspecified atom stereocenters. The highest BCUT2D eigenvalue weighted by atomic mass is 79.9. The molecule has 1 aromatic heterocycles. The first-order valence-corrected chi connectivity index (χ1v) is 5.29. The van der Waals surface area contributed by atoms with E-state index in [1.165, 1.54) is 13.2 Å². The number of halogens is 1. The van der Waals surface area contributed by atoms with E-state index in [2.05, 4.69) is 20.9 Å². The Balaban J connectivity index is 2.82. The van der Waals surface area contributed by atoms with Crippen molar-refractivity contribution in [2.45, 2.75) is 0 Å². The van der Waals surface area contributed by atoms with Crippen LogP contribution in [0.1, 0.15) is 10.5 Å². The van der Waals surface area contributed by atoms with Gasteiger partial charge >= 0.3 is 5.97 Å². The Labute approximate surface area is 100.0 Å². The van der Waals surface area contributed by atoms with Crippen molar-refractivity contribution < 1.29 is 14.6 Å². The summed E-state index contributed by atoms with van der Waals surface area (Å²) in [6.45, 7) is 0. The molecule has 82 valence electrons. The number of carboxylic acid groups (broad SMARTS) is 1. The summed E-state index contributed by atoms with van der Waals surface area (Å²) < 4.78 is 5.83. The van der Waals surface area contributed by atoms with E-state index < -0.39 is 5.97 Å². The number of hydrogen-bond donors (Lipinski definition) is 1. The van der Waals surface area contributed by atoms with Gasteiger partial charge in [-0.25, -0.2) is 9.78 Å². The molecule has 1 aromatic carbocycles. The first-order chi connectivity index (χ1) is 7.63. The van der Waals surface area contributed by atoms with Gasteiger partial charge in [-0.15, -0.1) is 0 Å². The Morgan fingerprint density at radius 3 is 2.88 bits per heavy atom. The molecule has 0 fully saturated rings. The summed E-state index contributed by atoms with van der Waals surface area (Å²) in [7, 11) is 1.53. The van der Waals surface area contributed by atoms with Gasteiger partial charge in [-0.2, -0.15) is 0 Å². The van der Waals surface area contributed by atoms with Crippen molar-refractivity contribution in [1.82, 2.24) is 4.98 Å². The summed E-state index contributed by atoms with van der Waals surface area (Å²) in [5.74, 6) is -0.505. The number of carbonyl (C=O) groups is 1. The lowest BCUT2D eigenvalue weighted by molar-refractivity contribution is 0.0691. The standard InChI is InChI=1S/C11H8BrNO3/c1-16-9-4-2-3-6-7(12)5-8(11(14)15)13-10(6)9/h2-5H,1H3,(H,14,15). The van der Waals surface area contributed by atoms with Crippen LogP contribution in [0, 0.1) is 0 Å². The molecule has 0 aliphatic carbocycles. The third kappa shape index (κ3) is 1.74. The molecule has 4 nitrogen and oxygen atoms in total. The van der Waals surface area contributed by atoms with Crippen LogP contribution in [0.2, 0.25) is 0 Å². The summed E-state index contributed by atoms with van der Waals surface area (Å²) in [6.07, 6.45) is 0. The molecule has 2 rings (SSSR count). The number of rotatable bonds is 2. The number of pyridine rings is 1. The van der Waals surface area contributed by atoms with E-state index in [9.17, 15) is 4.79 Å². The fourth-order valence-corrected chi connectivity index (χ4v) is 1.99. The topological polar surface area (TPSA) is 59.4 Å². The highest BCUT2D eigenvalue weighted by molar-refractivity contribution is 9.10. The maximum atomic E-state index is 10.9. The summed E-state index contributed by atoms with van der Waals surface area (Å²) in [5, 5.41) is 9.73.